The lowest BCUT2D eigenvalue weighted by atomic mass is 10.0. The van der Waals surface area contributed by atoms with Gasteiger partial charge in [0.15, 0.2) is 11.5 Å². The van der Waals surface area contributed by atoms with Gasteiger partial charge in [0.2, 0.25) is 11.8 Å². The lowest BCUT2D eigenvalue weighted by molar-refractivity contribution is -0.129. The molecule has 0 radical (unpaired) electrons. The van der Waals surface area contributed by atoms with Gasteiger partial charge in [-0.15, -0.1) is 0 Å². The third-order valence-electron chi connectivity index (χ3n) is 7.55. The molecule has 2 aromatic heterocycles. The Labute approximate surface area is 239 Å². The molecule has 2 N–H and O–H groups in total. The van der Waals surface area contributed by atoms with Crippen molar-refractivity contribution in [1.29, 1.82) is 0 Å². The molecule has 212 valence electrons. The Hall–Kier alpha value is -4.79. The number of rotatable bonds is 8. The van der Waals surface area contributed by atoms with Crippen LogP contribution in [0.15, 0.2) is 67.0 Å². The number of nitrogens with one attached hydrogen (secondary N) is 2. The number of benzene rings is 2. The number of nitrogens with zero attached hydrogens (tertiary/aromatic N) is 3. The molecule has 2 aromatic carbocycles. The van der Waals surface area contributed by atoms with Crippen molar-refractivity contribution in [2.24, 2.45) is 0 Å². The van der Waals surface area contributed by atoms with Crippen LogP contribution in [-0.2, 0) is 9.59 Å². The van der Waals surface area contributed by atoms with Crippen LogP contribution in [0.4, 0.5) is 5.69 Å². The minimum Gasteiger partial charge on any atom is -0.493 e. The molecule has 9 heteroatoms. The number of pyridine rings is 1. The first-order chi connectivity index (χ1) is 19.9. The monoisotopic (exact) mass is 553 g/mol. The van der Waals surface area contributed by atoms with Gasteiger partial charge in [-0.3, -0.25) is 9.59 Å². The van der Waals surface area contributed by atoms with Crippen molar-refractivity contribution in [3.63, 3.8) is 0 Å². The van der Waals surface area contributed by atoms with Gasteiger partial charge in [0, 0.05) is 68.2 Å². The van der Waals surface area contributed by atoms with Crippen LogP contribution in [0, 0.1) is 0 Å². The Morgan fingerprint density at radius 1 is 1.00 bits per heavy atom. The third-order valence-corrected chi connectivity index (χ3v) is 7.55. The molecule has 0 unspecified atom stereocenters. The van der Waals surface area contributed by atoms with Crippen molar-refractivity contribution in [1.82, 2.24) is 20.2 Å². The molecule has 0 aliphatic carbocycles. The predicted octanol–water partition coefficient (Wildman–Crippen LogP) is 4.81. The van der Waals surface area contributed by atoms with Crippen molar-refractivity contribution in [3.05, 3.63) is 78.1 Å². The predicted molar refractivity (Wildman–Crippen MR) is 161 cm³/mol. The van der Waals surface area contributed by atoms with Crippen LogP contribution >= 0.6 is 0 Å². The van der Waals surface area contributed by atoms with E-state index in [9.17, 15) is 9.59 Å². The Balaban J connectivity index is 1.31. The molecular formula is C32H35N5O4. The van der Waals surface area contributed by atoms with Crippen LogP contribution in [0.1, 0.15) is 31.0 Å². The van der Waals surface area contributed by atoms with Crippen LogP contribution in [0.25, 0.3) is 28.2 Å². The second-order valence-electron chi connectivity index (χ2n) is 10.0. The number of anilines is 1. The van der Waals surface area contributed by atoms with Crippen molar-refractivity contribution < 1.29 is 19.1 Å². The van der Waals surface area contributed by atoms with E-state index in [2.05, 4.69) is 44.5 Å². The Morgan fingerprint density at radius 2 is 1.73 bits per heavy atom. The molecule has 0 spiro atoms. The summed E-state index contributed by atoms with van der Waals surface area (Å²) >= 11 is 0. The number of hydrogen-bond donors (Lipinski definition) is 2. The first kappa shape index (κ1) is 27.8. The average Bonchev–Trinajstić information content (AvgIpc) is 3.43. The SMILES string of the molecule is COc1ccc([C@@H](C)NC(=O)/C=C/c2c[nH]c3nccc(-c4ccc(N5CCN(C(C)=O)CC5)cc4)c23)cc1OC. The molecule has 1 saturated heterocycles. The molecule has 0 bridgehead atoms. The molecule has 0 saturated carbocycles. The quantitative estimate of drug-likeness (QED) is 0.304. The Bertz CT molecular complexity index is 1570. The lowest BCUT2D eigenvalue weighted by Gasteiger charge is -2.35. The summed E-state index contributed by atoms with van der Waals surface area (Å²) in [5.41, 5.74) is 5.77. The number of carbonyl (C=O) groups excluding carboxylic acids is 2. The zero-order chi connectivity index (χ0) is 28.9. The lowest BCUT2D eigenvalue weighted by Crippen LogP contribution is -2.48. The maximum Gasteiger partial charge on any atom is 0.244 e. The van der Waals surface area contributed by atoms with Gasteiger partial charge in [0.25, 0.3) is 0 Å². The van der Waals surface area contributed by atoms with Crippen molar-refractivity contribution in [2.75, 3.05) is 45.3 Å². The summed E-state index contributed by atoms with van der Waals surface area (Å²) in [6.45, 7) is 6.66. The minimum atomic E-state index is -0.226. The fourth-order valence-electron chi connectivity index (χ4n) is 5.22. The van der Waals surface area contributed by atoms with Crippen LogP contribution in [0.3, 0.4) is 0 Å². The zero-order valence-electron chi connectivity index (χ0n) is 23.8. The maximum atomic E-state index is 12.8. The van der Waals surface area contributed by atoms with Gasteiger partial charge in [0.1, 0.15) is 5.65 Å². The first-order valence-corrected chi connectivity index (χ1v) is 13.7. The standard InChI is InChI=1S/C32H35N5O4/c1-21(24-7-11-28(40-3)29(19-24)41-4)35-30(39)12-8-25-20-34-32-31(25)27(13-14-33-32)23-5-9-26(10-6-23)37-17-15-36(16-18-37)22(2)38/h5-14,19-21H,15-18H2,1-4H3,(H,33,34)(H,35,39)/b12-8+/t21-/m1/s1. The molecule has 4 aromatic rings. The Kier molecular flexibility index (Phi) is 8.24. The number of amides is 2. The summed E-state index contributed by atoms with van der Waals surface area (Å²) in [6.07, 6.45) is 7.00. The molecule has 2 amide bonds. The van der Waals surface area contributed by atoms with Crippen LogP contribution < -0.4 is 19.7 Å². The van der Waals surface area contributed by atoms with E-state index in [0.717, 1.165) is 65.2 Å². The second-order valence-corrected chi connectivity index (χ2v) is 10.0. The number of aromatic amines is 1. The van der Waals surface area contributed by atoms with E-state index in [1.54, 1.807) is 33.4 Å². The summed E-state index contributed by atoms with van der Waals surface area (Å²) in [5, 5.41) is 3.96. The van der Waals surface area contributed by atoms with E-state index in [1.165, 1.54) is 0 Å². The van der Waals surface area contributed by atoms with Crippen LogP contribution in [0.2, 0.25) is 0 Å². The summed E-state index contributed by atoms with van der Waals surface area (Å²) in [5.74, 6) is 1.17. The second kappa shape index (κ2) is 12.2. The van der Waals surface area contributed by atoms with Gasteiger partial charge in [-0.1, -0.05) is 18.2 Å². The van der Waals surface area contributed by atoms with E-state index >= 15 is 0 Å². The van der Waals surface area contributed by atoms with Crippen molar-refractivity contribution in [2.45, 2.75) is 19.9 Å². The van der Waals surface area contributed by atoms with Gasteiger partial charge in [-0.05, 0) is 60.0 Å². The normalized spacial score (nSPS) is 14.3. The summed E-state index contributed by atoms with van der Waals surface area (Å²) in [6, 6.07) is 15.8. The molecule has 1 aliphatic rings. The van der Waals surface area contributed by atoms with Crippen LogP contribution in [-0.4, -0.2) is 67.1 Å². The molecule has 3 heterocycles. The summed E-state index contributed by atoms with van der Waals surface area (Å²) in [4.78, 5) is 36.4. The van der Waals surface area contributed by atoms with Gasteiger partial charge in [-0.25, -0.2) is 4.98 Å². The summed E-state index contributed by atoms with van der Waals surface area (Å²) in [7, 11) is 3.18. The van der Waals surface area contributed by atoms with Gasteiger partial charge in [0.05, 0.1) is 20.3 Å². The number of methoxy groups -OCH3 is 2. The van der Waals surface area contributed by atoms with E-state index in [1.807, 2.05) is 48.4 Å². The maximum absolute atomic E-state index is 12.8. The van der Waals surface area contributed by atoms with E-state index < -0.39 is 0 Å². The van der Waals surface area contributed by atoms with E-state index in [-0.39, 0.29) is 17.9 Å². The highest BCUT2D eigenvalue weighted by Crippen LogP contribution is 2.33. The number of H-pyrrole nitrogens is 1. The number of ether oxygens (including phenoxy) is 2. The van der Waals surface area contributed by atoms with Gasteiger partial charge < -0.3 is 29.6 Å². The number of carbonyl (C=O) groups is 2. The topological polar surface area (TPSA) is 99.8 Å². The third kappa shape index (κ3) is 6.04. The van der Waals surface area contributed by atoms with Crippen LogP contribution in [0.5, 0.6) is 11.5 Å². The zero-order valence-corrected chi connectivity index (χ0v) is 23.8. The molecule has 1 atom stereocenters. The fourth-order valence-corrected chi connectivity index (χ4v) is 5.22. The first-order valence-electron chi connectivity index (χ1n) is 13.7. The largest absolute Gasteiger partial charge is 0.493 e. The number of aromatic nitrogens is 2. The number of piperazine rings is 1. The number of fused-ring (bicyclic) bond motifs is 1. The smallest absolute Gasteiger partial charge is 0.244 e. The molecule has 41 heavy (non-hydrogen) atoms. The number of hydrogen-bond acceptors (Lipinski definition) is 6. The van der Waals surface area contributed by atoms with E-state index in [0.29, 0.717) is 11.5 Å². The highest BCUT2D eigenvalue weighted by molar-refractivity contribution is 6.01. The fraction of sp³-hybridized carbons (Fsp3) is 0.281. The Morgan fingerprint density at radius 3 is 2.41 bits per heavy atom. The molecule has 9 nitrogen and oxygen atoms in total. The molecule has 5 rings (SSSR count). The van der Waals surface area contributed by atoms with Gasteiger partial charge in [-0.2, -0.15) is 0 Å². The molecular weight excluding hydrogens is 518 g/mol. The average molecular weight is 554 g/mol. The van der Waals surface area contributed by atoms with Gasteiger partial charge >= 0.3 is 0 Å². The highest BCUT2D eigenvalue weighted by atomic mass is 16.5. The van der Waals surface area contributed by atoms with Crippen molar-refractivity contribution >= 4 is 34.6 Å². The van der Waals surface area contributed by atoms with E-state index in [4.69, 9.17) is 9.47 Å². The summed E-state index contributed by atoms with van der Waals surface area (Å²) < 4.78 is 10.7. The van der Waals surface area contributed by atoms with Crippen molar-refractivity contribution in [3.8, 4) is 22.6 Å². The molecule has 1 aliphatic heterocycles. The molecule has 1 fully saturated rings. The minimum absolute atomic E-state index is 0.128. The highest BCUT2D eigenvalue weighted by Gasteiger charge is 2.19.